The first-order chi connectivity index (χ1) is 15.5. The molecule has 188 valence electrons. The summed E-state index contributed by atoms with van der Waals surface area (Å²) in [5.74, 6) is -1.52. The predicted molar refractivity (Wildman–Crippen MR) is 134 cm³/mol. The highest BCUT2D eigenvalue weighted by Gasteiger charge is 2.27. The first-order valence-electron chi connectivity index (χ1n) is 10.3. The molecule has 0 aliphatic carbocycles. The third kappa shape index (κ3) is 10.4. The van der Waals surface area contributed by atoms with Crippen molar-refractivity contribution in [3.63, 3.8) is 0 Å². The molecule has 2 amide bonds. The molecule has 0 aliphatic heterocycles. The second kappa shape index (κ2) is 14.3. The van der Waals surface area contributed by atoms with Crippen LogP contribution in [0.3, 0.4) is 0 Å². The minimum Gasteiger partial charge on any atom is -0.465 e. The van der Waals surface area contributed by atoms with Crippen molar-refractivity contribution in [3.8, 4) is 0 Å². The number of hydrogen-bond acceptors (Lipinski definition) is 4. The number of benzene rings is 2. The number of rotatable bonds is 10. The molecule has 0 bridgehead atoms. The smallest absolute Gasteiger partial charge is 0.407 e. The van der Waals surface area contributed by atoms with Gasteiger partial charge in [-0.25, -0.2) is 18.4 Å². The van der Waals surface area contributed by atoms with E-state index < -0.39 is 36.0 Å². The number of hydrogen-bond donors (Lipinski definition) is 3. The quantitative estimate of drug-likeness (QED) is 0.334. The van der Waals surface area contributed by atoms with Gasteiger partial charge >= 0.3 is 12.2 Å². The zero-order chi connectivity index (χ0) is 24.5. The Hall–Kier alpha value is -2.18. The number of nitrogens with zero attached hydrogens (tertiary/aromatic N) is 1. The van der Waals surface area contributed by atoms with E-state index in [1.165, 1.54) is 0 Å². The van der Waals surface area contributed by atoms with E-state index in [4.69, 9.17) is 4.74 Å². The average molecular weight is 613 g/mol. The van der Waals surface area contributed by atoms with Gasteiger partial charge < -0.3 is 25.2 Å². The molecule has 3 N–H and O–H groups in total. The van der Waals surface area contributed by atoms with Crippen molar-refractivity contribution in [3.05, 3.63) is 68.8 Å². The van der Waals surface area contributed by atoms with Crippen molar-refractivity contribution in [2.24, 2.45) is 5.92 Å². The maximum atomic E-state index is 13.6. The Bertz CT molecular complexity index is 946. The normalized spacial score (nSPS) is 12.4. The summed E-state index contributed by atoms with van der Waals surface area (Å²) in [5, 5.41) is 22.9. The topological polar surface area (TPSA) is 99.1 Å². The summed E-state index contributed by atoms with van der Waals surface area (Å²) in [5.41, 5.74) is 0.921. The third-order valence-corrected chi connectivity index (χ3v) is 5.30. The monoisotopic (exact) mass is 612 g/mol. The number of halogens is 4. The van der Waals surface area contributed by atoms with Crippen LogP contribution in [0.25, 0.3) is 0 Å². The first-order valence-corrected chi connectivity index (χ1v) is 11.4. The number of ether oxygens (including phenoxy) is 1. The van der Waals surface area contributed by atoms with Crippen LogP contribution in [-0.4, -0.2) is 52.6 Å². The van der Waals surface area contributed by atoms with E-state index in [0.717, 1.165) is 26.2 Å². The summed E-state index contributed by atoms with van der Waals surface area (Å²) in [6.45, 7) is 3.52. The fraction of sp³-hybridized carbons (Fsp3) is 0.391. The van der Waals surface area contributed by atoms with E-state index in [1.807, 2.05) is 26.0 Å². The van der Waals surface area contributed by atoms with Gasteiger partial charge in [0.15, 0.2) is 0 Å². The molecule has 2 aromatic rings. The van der Waals surface area contributed by atoms with Crippen LogP contribution in [0.1, 0.15) is 25.0 Å². The number of alkyl carbamates (subject to hydrolysis) is 1. The van der Waals surface area contributed by atoms with Crippen molar-refractivity contribution in [2.45, 2.75) is 39.0 Å². The van der Waals surface area contributed by atoms with E-state index in [1.54, 1.807) is 12.1 Å². The minimum absolute atomic E-state index is 0. The van der Waals surface area contributed by atoms with Crippen LogP contribution in [0.5, 0.6) is 0 Å². The maximum Gasteiger partial charge on any atom is 0.407 e. The molecule has 0 aliphatic rings. The van der Waals surface area contributed by atoms with Gasteiger partial charge in [-0.15, -0.1) is 12.4 Å². The zero-order valence-corrected chi connectivity index (χ0v) is 21.7. The average Bonchev–Trinajstić information content (AvgIpc) is 2.70. The van der Waals surface area contributed by atoms with Crippen molar-refractivity contribution in [2.75, 3.05) is 13.2 Å². The number of carbonyl (C=O) groups is 2. The van der Waals surface area contributed by atoms with E-state index in [2.05, 4.69) is 27.9 Å². The van der Waals surface area contributed by atoms with Crippen LogP contribution in [0, 0.1) is 21.1 Å². The molecule has 0 unspecified atom stereocenters. The summed E-state index contributed by atoms with van der Waals surface area (Å²) in [7, 11) is 0. The molecule has 2 atom stereocenters. The number of carboxylic acid groups (broad SMARTS) is 1. The summed E-state index contributed by atoms with van der Waals surface area (Å²) in [6.07, 6.45) is -3.58. The Balaban J connectivity index is 0.00000578. The SMILES string of the molecule is CC(C)COC(=O)N[C@@H](Cc1cc(F)cc(F)c1)[C@H](O)CN(Cc1cccc(I)c1)C(=O)O.Cl. The van der Waals surface area contributed by atoms with Gasteiger partial charge in [0.1, 0.15) is 11.6 Å². The van der Waals surface area contributed by atoms with E-state index in [-0.39, 0.29) is 50.0 Å². The fourth-order valence-corrected chi connectivity index (χ4v) is 3.73. The molecule has 0 spiro atoms. The molecule has 2 aromatic carbocycles. The number of nitrogens with one attached hydrogen (secondary N) is 1. The predicted octanol–water partition coefficient (Wildman–Crippen LogP) is 4.83. The van der Waals surface area contributed by atoms with Crippen molar-refractivity contribution in [1.29, 1.82) is 0 Å². The second-order valence-electron chi connectivity index (χ2n) is 8.09. The van der Waals surface area contributed by atoms with Gasteiger partial charge in [-0.3, -0.25) is 0 Å². The van der Waals surface area contributed by atoms with Gasteiger partial charge in [0, 0.05) is 16.2 Å². The largest absolute Gasteiger partial charge is 0.465 e. The summed E-state index contributed by atoms with van der Waals surface area (Å²) in [4.78, 5) is 25.0. The van der Waals surface area contributed by atoms with E-state index in [9.17, 15) is 28.6 Å². The molecule has 7 nitrogen and oxygen atoms in total. The van der Waals surface area contributed by atoms with Gasteiger partial charge in [-0.05, 0) is 70.3 Å². The Morgan fingerprint density at radius 2 is 1.76 bits per heavy atom. The van der Waals surface area contributed by atoms with E-state index >= 15 is 0 Å². The van der Waals surface area contributed by atoms with Crippen molar-refractivity contribution < 1.29 is 33.3 Å². The Kier molecular flexibility index (Phi) is 12.5. The van der Waals surface area contributed by atoms with Crippen LogP contribution < -0.4 is 5.32 Å². The van der Waals surface area contributed by atoms with Crippen LogP contribution in [0.2, 0.25) is 0 Å². The van der Waals surface area contributed by atoms with E-state index in [0.29, 0.717) is 6.07 Å². The van der Waals surface area contributed by atoms with Gasteiger partial charge in [-0.1, -0.05) is 26.0 Å². The molecular formula is C23H28ClF2IN2O5. The van der Waals surface area contributed by atoms with Crippen molar-refractivity contribution in [1.82, 2.24) is 10.2 Å². The lowest BCUT2D eigenvalue weighted by atomic mass is 10.0. The standard InChI is InChI=1S/C23H27F2IN2O5.ClH/c1-14(2)13-33-22(30)27-20(9-16-6-17(24)10-18(25)7-16)21(29)12-28(23(31)32)11-15-4-3-5-19(26)8-15;/h3-8,10,14,20-21,29H,9,11-13H2,1-2H3,(H,27,30)(H,31,32);1H/t20-,21+;/m0./s1. The summed E-state index contributed by atoms with van der Waals surface area (Å²) < 4.78 is 33.3. The minimum atomic E-state index is -1.37. The number of amides is 2. The number of carbonyl (C=O) groups excluding carboxylic acids is 1. The van der Waals surface area contributed by atoms with Crippen LogP contribution in [-0.2, 0) is 17.7 Å². The molecule has 0 fully saturated rings. The van der Waals surface area contributed by atoms with Gasteiger partial charge in [-0.2, -0.15) is 0 Å². The zero-order valence-electron chi connectivity index (χ0n) is 18.7. The Morgan fingerprint density at radius 1 is 1.12 bits per heavy atom. The lowest BCUT2D eigenvalue weighted by Gasteiger charge is -2.29. The molecular weight excluding hydrogens is 585 g/mol. The van der Waals surface area contributed by atoms with Crippen molar-refractivity contribution >= 4 is 47.2 Å². The highest BCUT2D eigenvalue weighted by Crippen LogP contribution is 2.15. The Labute approximate surface area is 217 Å². The molecule has 0 saturated carbocycles. The van der Waals surface area contributed by atoms with Crippen LogP contribution in [0.15, 0.2) is 42.5 Å². The fourth-order valence-electron chi connectivity index (χ4n) is 3.12. The Morgan fingerprint density at radius 3 is 2.32 bits per heavy atom. The van der Waals surface area contributed by atoms with Crippen LogP contribution >= 0.6 is 35.0 Å². The molecule has 0 aromatic heterocycles. The van der Waals surface area contributed by atoms with Gasteiger partial charge in [0.05, 0.1) is 25.3 Å². The number of aliphatic hydroxyl groups is 1. The summed E-state index contributed by atoms with van der Waals surface area (Å²) in [6, 6.07) is 9.08. The highest BCUT2D eigenvalue weighted by molar-refractivity contribution is 14.1. The van der Waals surface area contributed by atoms with Gasteiger partial charge in [0.2, 0.25) is 0 Å². The molecule has 2 rings (SSSR count). The second-order valence-corrected chi connectivity index (χ2v) is 9.33. The highest BCUT2D eigenvalue weighted by atomic mass is 127. The third-order valence-electron chi connectivity index (χ3n) is 4.63. The molecule has 0 radical (unpaired) electrons. The van der Waals surface area contributed by atoms with Gasteiger partial charge in [0.25, 0.3) is 0 Å². The molecule has 0 saturated heterocycles. The first kappa shape index (κ1) is 29.9. The maximum absolute atomic E-state index is 13.6. The molecule has 11 heteroatoms. The molecule has 34 heavy (non-hydrogen) atoms. The lowest BCUT2D eigenvalue weighted by Crippen LogP contribution is -2.50. The van der Waals surface area contributed by atoms with Crippen LogP contribution in [0.4, 0.5) is 18.4 Å². The number of aliphatic hydroxyl groups excluding tert-OH is 1. The summed E-state index contributed by atoms with van der Waals surface area (Å²) >= 11 is 2.11. The lowest BCUT2D eigenvalue weighted by molar-refractivity contribution is 0.0652. The molecule has 0 heterocycles.